The van der Waals surface area contributed by atoms with Gasteiger partial charge in [0.25, 0.3) is 11.6 Å². The van der Waals surface area contributed by atoms with Gasteiger partial charge in [-0.2, -0.15) is 0 Å². The molecule has 0 saturated carbocycles. The lowest BCUT2D eigenvalue weighted by Crippen LogP contribution is -2.15. The molecule has 29 heavy (non-hydrogen) atoms. The van der Waals surface area contributed by atoms with Crippen LogP contribution in [0.15, 0.2) is 72.8 Å². The molecule has 0 aliphatic heterocycles. The van der Waals surface area contributed by atoms with Crippen LogP contribution >= 0.6 is 11.6 Å². The molecule has 0 bridgehead atoms. The number of nitrogens with zero attached hydrogens (tertiary/aromatic N) is 1. The van der Waals surface area contributed by atoms with Gasteiger partial charge in [0, 0.05) is 23.0 Å². The number of nitrogens with one attached hydrogen (secondary N) is 2. The summed E-state index contributed by atoms with van der Waals surface area (Å²) in [6.45, 7) is 0. The van der Waals surface area contributed by atoms with Gasteiger partial charge in [0.15, 0.2) is 0 Å². The highest BCUT2D eigenvalue weighted by Gasteiger charge is 2.14. The molecule has 0 saturated heterocycles. The summed E-state index contributed by atoms with van der Waals surface area (Å²) in [5.41, 5.74) is 1.76. The predicted molar refractivity (Wildman–Crippen MR) is 111 cm³/mol. The molecule has 2 N–H and O–H groups in total. The van der Waals surface area contributed by atoms with Crippen LogP contribution in [0.4, 0.5) is 17.1 Å². The third-order valence-electron chi connectivity index (χ3n) is 4.04. The molecule has 0 atom stereocenters. The summed E-state index contributed by atoms with van der Waals surface area (Å²) >= 11 is 5.77. The van der Waals surface area contributed by atoms with Gasteiger partial charge in [-0.15, -0.1) is 0 Å². The molecular formula is C21H16ClN3O4. The molecule has 146 valence electrons. The number of anilines is 2. The van der Waals surface area contributed by atoms with E-state index in [-0.39, 0.29) is 28.7 Å². The zero-order chi connectivity index (χ0) is 20.8. The summed E-state index contributed by atoms with van der Waals surface area (Å²) in [7, 11) is 0. The lowest BCUT2D eigenvalue weighted by atomic mass is 10.1. The van der Waals surface area contributed by atoms with Crippen LogP contribution in [0, 0.1) is 10.1 Å². The summed E-state index contributed by atoms with van der Waals surface area (Å²) in [5.74, 6) is -0.606. The van der Waals surface area contributed by atoms with Crippen molar-refractivity contribution in [3.05, 3.63) is 99.1 Å². The van der Waals surface area contributed by atoms with Crippen LogP contribution in [-0.2, 0) is 11.2 Å². The summed E-state index contributed by atoms with van der Waals surface area (Å²) in [4.78, 5) is 34.8. The minimum atomic E-state index is -0.620. The minimum Gasteiger partial charge on any atom is -0.326 e. The molecule has 2 amide bonds. The third-order valence-corrected chi connectivity index (χ3v) is 4.36. The highest BCUT2D eigenvalue weighted by molar-refractivity contribution is 6.32. The molecule has 0 aliphatic rings. The normalized spacial score (nSPS) is 10.2. The first-order valence-electron chi connectivity index (χ1n) is 8.61. The van der Waals surface area contributed by atoms with Crippen LogP contribution in [0.5, 0.6) is 0 Å². The molecule has 3 aromatic carbocycles. The van der Waals surface area contributed by atoms with E-state index in [2.05, 4.69) is 10.6 Å². The van der Waals surface area contributed by atoms with Crippen molar-refractivity contribution in [2.24, 2.45) is 0 Å². The van der Waals surface area contributed by atoms with Gasteiger partial charge in [0.2, 0.25) is 5.91 Å². The molecule has 7 nitrogen and oxygen atoms in total. The Morgan fingerprint density at radius 1 is 0.897 bits per heavy atom. The monoisotopic (exact) mass is 409 g/mol. The van der Waals surface area contributed by atoms with E-state index in [1.54, 1.807) is 24.3 Å². The number of carbonyl (C=O) groups excluding carboxylic acids is 2. The first-order chi connectivity index (χ1) is 13.9. The molecule has 0 aliphatic carbocycles. The number of hydrogen-bond acceptors (Lipinski definition) is 4. The Morgan fingerprint density at radius 3 is 2.21 bits per heavy atom. The maximum Gasteiger partial charge on any atom is 0.289 e. The number of halogens is 1. The van der Waals surface area contributed by atoms with E-state index in [0.29, 0.717) is 11.3 Å². The van der Waals surface area contributed by atoms with E-state index in [1.807, 2.05) is 30.3 Å². The molecule has 0 unspecified atom stereocenters. The average Bonchev–Trinajstić information content (AvgIpc) is 2.70. The zero-order valence-corrected chi connectivity index (χ0v) is 15.8. The van der Waals surface area contributed by atoms with Crippen molar-refractivity contribution >= 4 is 40.5 Å². The highest BCUT2D eigenvalue weighted by Crippen LogP contribution is 2.27. The Hall–Kier alpha value is -3.71. The Labute approximate surface area is 171 Å². The van der Waals surface area contributed by atoms with Crippen LogP contribution in [0.25, 0.3) is 0 Å². The second-order valence-corrected chi connectivity index (χ2v) is 6.57. The second-order valence-electron chi connectivity index (χ2n) is 6.17. The van der Waals surface area contributed by atoms with Gasteiger partial charge in [0.05, 0.1) is 11.3 Å². The molecular weight excluding hydrogens is 394 g/mol. The first-order valence-corrected chi connectivity index (χ1v) is 8.99. The third kappa shape index (κ3) is 5.40. The lowest BCUT2D eigenvalue weighted by molar-refractivity contribution is -0.384. The van der Waals surface area contributed by atoms with Gasteiger partial charge in [-0.25, -0.2) is 0 Å². The molecule has 0 spiro atoms. The summed E-state index contributed by atoms with van der Waals surface area (Å²) in [6, 6.07) is 19.7. The van der Waals surface area contributed by atoms with Crippen molar-refractivity contribution in [3.8, 4) is 0 Å². The Kier molecular flexibility index (Phi) is 6.21. The summed E-state index contributed by atoms with van der Waals surface area (Å²) in [5, 5.41) is 16.3. The van der Waals surface area contributed by atoms with Gasteiger partial charge < -0.3 is 10.6 Å². The van der Waals surface area contributed by atoms with Crippen LogP contribution < -0.4 is 10.6 Å². The summed E-state index contributed by atoms with van der Waals surface area (Å²) in [6.07, 6.45) is 0.248. The predicted octanol–water partition coefficient (Wildman–Crippen LogP) is 4.68. The fourth-order valence-electron chi connectivity index (χ4n) is 2.62. The molecule has 0 fully saturated rings. The Bertz CT molecular complexity index is 1050. The number of nitro groups is 1. The number of carbonyl (C=O) groups is 2. The largest absolute Gasteiger partial charge is 0.326 e. The standard InChI is InChI=1S/C21H16ClN3O4/c22-18-11-10-17(13-19(18)25(28)29)24-21(27)15-6-8-16(9-7-15)23-20(26)12-14-4-2-1-3-5-14/h1-11,13H,12H2,(H,23,26)(H,24,27). The zero-order valence-electron chi connectivity index (χ0n) is 15.1. The fourth-order valence-corrected chi connectivity index (χ4v) is 2.81. The van der Waals surface area contributed by atoms with Crippen molar-refractivity contribution < 1.29 is 14.5 Å². The smallest absolute Gasteiger partial charge is 0.289 e. The van der Waals surface area contributed by atoms with E-state index in [1.165, 1.54) is 18.2 Å². The van der Waals surface area contributed by atoms with Gasteiger partial charge in [-0.1, -0.05) is 41.9 Å². The van der Waals surface area contributed by atoms with Crippen LogP contribution in [-0.4, -0.2) is 16.7 Å². The van der Waals surface area contributed by atoms with Gasteiger partial charge in [-0.3, -0.25) is 19.7 Å². The lowest BCUT2D eigenvalue weighted by Gasteiger charge is -2.08. The quantitative estimate of drug-likeness (QED) is 0.455. The molecule has 0 heterocycles. The van der Waals surface area contributed by atoms with Gasteiger partial charge >= 0.3 is 0 Å². The Morgan fingerprint density at radius 2 is 1.55 bits per heavy atom. The number of rotatable bonds is 6. The number of nitro benzene ring substituents is 1. The molecule has 3 aromatic rings. The minimum absolute atomic E-state index is 0.0106. The van der Waals surface area contributed by atoms with E-state index >= 15 is 0 Å². The van der Waals surface area contributed by atoms with Crippen LogP contribution in [0.3, 0.4) is 0 Å². The van der Waals surface area contributed by atoms with E-state index < -0.39 is 10.8 Å². The van der Waals surface area contributed by atoms with E-state index in [9.17, 15) is 19.7 Å². The number of hydrogen-bond donors (Lipinski definition) is 2. The molecule has 0 aromatic heterocycles. The summed E-state index contributed by atoms with van der Waals surface area (Å²) < 4.78 is 0. The highest BCUT2D eigenvalue weighted by atomic mass is 35.5. The first kappa shape index (κ1) is 20.0. The van der Waals surface area contributed by atoms with Crippen molar-refractivity contribution in [1.29, 1.82) is 0 Å². The fraction of sp³-hybridized carbons (Fsp3) is 0.0476. The van der Waals surface area contributed by atoms with Crippen molar-refractivity contribution in [2.75, 3.05) is 10.6 Å². The maximum absolute atomic E-state index is 12.4. The topological polar surface area (TPSA) is 101 Å². The van der Waals surface area contributed by atoms with Crippen LogP contribution in [0.2, 0.25) is 5.02 Å². The second kappa shape index (κ2) is 8.99. The van der Waals surface area contributed by atoms with Crippen molar-refractivity contribution in [2.45, 2.75) is 6.42 Å². The van der Waals surface area contributed by atoms with Gasteiger partial charge in [0.1, 0.15) is 5.02 Å². The molecule has 8 heteroatoms. The number of benzene rings is 3. The van der Waals surface area contributed by atoms with Crippen molar-refractivity contribution in [3.63, 3.8) is 0 Å². The molecule has 3 rings (SSSR count). The number of amides is 2. The van der Waals surface area contributed by atoms with Crippen LogP contribution in [0.1, 0.15) is 15.9 Å². The average molecular weight is 410 g/mol. The van der Waals surface area contributed by atoms with E-state index in [4.69, 9.17) is 11.6 Å². The maximum atomic E-state index is 12.4. The van der Waals surface area contributed by atoms with Crippen molar-refractivity contribution in [1.82, 2.24) is 0 Å². The van der Waals surface area contributed by atoms with Gasteiger partial charge in [-0.05, 0) is 42.0 Å². The molecule has 0 radical (unpaired) electrons. The Balaban J connectivity index is 1.62. The van der Waals surface area contributed by atoms with E-state index in [0.717, 1.165) is 5.56 Å². The SMILES string of the molecule is O=C(Cc1ccccc1)Nc1ccc(C(=O)Nc2ccc(Cl)c([N+](=O)[O-])c2)cc1.